The van der Waals surface area contributed by atoms with Crippen LogP contribution in [0.1, 0.15) is 27.9 Å². The molecule has 0 spiro atoms. The normalized spacial score (nSPS) is 18.9. The van der Waals surface area contributed by atoms with E-state index in [1.165, 1.54) is 18.2 Å². The van der Waals surface area contributed by atoms with E-state index in [1.807, 2.05) is 25.1 Å². The lowest BCUT2D eigenvalue weighted by molar-refractivity contribution is -0.147. The second-order valence-electron chi connectivity index (χ2n) is 9.54. The Bertz CT molecular complexity index is 1100. The van der Waals surface area contributed by atoms with E-state index in [1.54, 1.807) is 31.2 Å². The van der Waals surface area contributed by atoms with Crippen molar-refractivity contribution < 1.29 is 29.0 Å². The van der Waals surface area contributed by atoms with Gasteiger partial charge in [-0.05, 0) is 51.6 Å². The number of likely N-dealkylation sites (tertiary alicyclic amines) is 1. The van der Waals surface area contributed by atoms with Crippen molar-refractivity contribution in [3.05, 3.63) is 65.2 Å². The Labute approximate surface area is 216 Å². The Hall–Kier alpha value is -3.50. The maximum atomic E-state index is 14.7. The van der Waals surface area contributed by atoms with Crippen molar-refractivity contribution in [2.45, 2.75) is 44.1 Å². The molecule has 1 aliphatic rings. The summed E-state index contributed by atoms with van der Waals surface area (Å²) in [6.07, 6.45) is -3.21. The molecule has 1 saturated heterocycles. The predicted molar refractivity (Wildman–Crippen MR) is 137 cm³/mol. The summed E-state index contributed by atoms with van der Waals surface area (Å²) in [4.78, 5) is 42.1. The summed E-state index contributed by atoms with van der Waals surface area (Å²) in [7, 11) is 3.68. The molecule has 9 nitrogen and oxygen atoms in total. The summed E-state index contributed by atoms with van der Waals surface area (Å²) in [5.74, 6) is -2.09. The molecular formula is C27H35FN4O5. The first-order valence-electron chi connectivity index (χ1n) is 12.3. The zero-order chi connectivity index (χ0) is 27.1. The highest BCUT2D eigenvalue weighted by Crippen LogP contribution is 2.24. The molecule has 2 aromatic carbocycles. The Morgan fingerprint density at radius 2 is 1.84 bits per heavy atom. The third kappa shape index (κ3) is 7.05. The van der Waals surface area contributed by atoms with Gasteiger partial charge in [-0.1, -0.05) is 36.4 Å². The van der Waals surface area contributed by atoms with Gasteiger partial charge in [0, 0.05) is 30.8 Å². The number of hydrogen-bond donors (Lipinski definition) is 4. The largest absolute Gasteiger partial charge is 0.508 e. The third-order valence-electron chi connectivity index (χ3n) is 6.53. The van der Waals surface area contributed by atoms with Crippen LogP contribution >= 0.6 is 0 Å². The predicted octanol–water partition coefficient (Wildman–Crippen LogP) is 1.02. The van der Waals surface area contributed by atoms with Gasteiger partial charge in [-0.3, -0.25) is 14.4 Å². The molecule has 0 radical (unpaired) electrons. The Balaban J connectivity index is 1.81. The number of phenolic OH excluding ortho intramolecular Hbond substituents is 1. The van der Waals surface area contributed by atoms with Gasteiger partial charge in [-0.25, -0.2) is 4.39 Å². The maximum Gasteiger partial charge on any atom is 0.254 e. The van der Waals surface area contributed by atoms with Gasteiger partial charge in [0.25, 0.3) is 11.8 Å². The molecule has 1 heterocycles. The van der Waals surface area contributed by atoms with Crippen LogP contribution in [0.15, 0.2) is 48.5 Å². The van der Waals surface area contributed by atoms with Crippen LogP contribution in [-0.2, 0) is 16.0 Å². The van der Waals surface area contributed by atoms with Crippen molar-refractivity contribution in [1.29, 1.82) is 0 Å². The molecule has 0 aliphatic carbocycles. The van der Waals surface area contributed by atoms with Crippen molar-refractivity contribution in [2.24, 2.45) is 0 Å². The number of nitrogens with one attached hydrogen (secondary N) is 2. The van der Waals surface area contributed by atoms with Crippen LogP contribution in [0.3, 0.4) is 0 Å². The molecule has 4 atom stereocenters. The van der Waals surface area contributed by atoms with E-state index in [9.17, 15) is 29.0 Å². The van der Waals surface area contributed by atoms with Gasteiger partial charge < -0.3 is 30.6 Å². The molecule has 3 amide bonds. The van der Waals surface area contributed by atoms with E-state index in [0.717, 1.165) is 10.5 Å². The van der Waals surface area contributed by atoms with E-state index in [2.05, 4.69) is 10.6 Å². The number of nitrogens with zero attached hydrogens (tertiary/aromatic N) is 2. The maximum absolute atomic E-state index is 14.7. The van der Waals surface area contributed by atoms with Gasteiger partial charge in [0.15, 0.2) is 6.10 Å². The molecule has 0 saturated carbocycles. The highest BCUT2D eigenvalue weighted by molar-refractivity contribution is 5.97. The van der Waals surface area contributed by atoms with Crippen LogP contribution in [0.5, 0.6) is 5.75 Å². The molecular weight excluding hydrogens is 479 g/mol. The topological polar surface area (TPSA) is 122 Å². The average Bonchev–Trinajstić information content (AvgIpc) is 3.26. The lowest BCUT2D eigenvalue weighted by atomic mass is 9.98. The molecule has 2 aromatic rings. The van der Waals surface area contributed by atoms with Crippen LogP contribution in [0.2, 0.25) is 0 Å². The van der Waals surface area contributed by atoms with Gasteiger partial charge >= 0.3 is 0 Å². The number of amides is 3. The minimum absolute atomic E-state index is 0.0254. The first kappa shape index (κ1) is 28.1. The summed E-state index contributed by atoms with van der Waals surface area (Å²) < 4.78 is 14.7. The first-order chi connectivity index (χ1) is 17.6. The van der Waals surface area contributed by atoms with Crippen molar-refractivity contribution >= 4 is 17.7 Å². The average molecular weight is 515 g/mol. The molecule has 1 aliphatic heterocycles. The van der Waals surface area contributed by atoms with Crippen molar-refractivity contribution in [3.63, 3.8) is 0 Å². The summed E-state index contributed by atoms with van der Waals surface area (Å²) in [6, 6.07) is 11.1. The fraction of sp³-hybridized carbons (Fsp3) is 0.444. The summed E-state index contributed by atoms with van der Waals surface area (Å²) in [5.41, 5.74) is 1.31. The van der Waals surface area contributed by atoms with Gasteiger partial charge in [-0.2, -0.15) is 0 Å². The van der Waals surface area contributed by atoms with E-state index < -0.39 is 42.1 Å². The van der Waals surface area contributed by atoms with Crippen molar-refractivity contribution in [3.8, 4) is 5.75 Å². The number of carbonyl (C=O) groups is 3. The number of aromatic hydroxyl groups is 1. The lowest BCUT2D eigenvalue weighted by Crippen LogP contribution is -2.57. The minimum atomic E-state index is -1.73. The molecule has 37 heavy (non-hydrogen) atoms. The number of halogens is 1. The van der Waals surface area contributed by atoms with Gasteiger partial charge in [0.05, 0.1) is 6.04 Å². The van der Waals surface area contributed by atoms with Gasteiger partial charge in [-0.15, -0.1) is 0 Å². The highest BCUT2D eigenvalue weighted by Gasteiger charge is 2.45. The molecule has 1 unspecified atom stereocenters. The molecule has 4 N–H and O–H groups in total. The molecule has 10 heteroatoms. The molecule has 3 rings (SSSR count). The molecule has 0 aromatic heterocycles. The summed E-state index contributed by atoms with van der Waals surface area (Å²) in [5, 5.41) is 26.5. The lowest BCUT2D eigenvalue weighted by Gasteiger charge is -2.31. The van der Waals surface area contributed by atoms with E-state index >= 15 is 0 Å². The van der Waals surface area contributed by atoms with E-state index in [0.29, 0.717) is 12.1 Å². The Morgan fingerprint density at radius 3 is 2.51 bits per heavy atom. The Kier molecular flexibility index (Phi) is 9.60. The summed E-state index contributed by atoms with van der Waals surface area (Å²) >= 11 is 0. The number of likely N-dealkylation sites (N-methyl/N-ethyl adjacent to an activating group) is 1. The van der Waals surface area contributed by atoms with E-state index in [4.69, 9.17) is 0 Å². The van der Waals surface area contributed by atoms with E-state index in [-0.39, 0.29) is 37.2 Å². The fourth-order valence-electron chi connectivity index (χ4n) is 4.38. The SMILES string of the molecule is Cc1c(O)cccc1C(=O)N[C@@H](Cc1ccccc1)[C@H](O)C(=O)N1CC[C@@H](F)C1C(=O)NCCN(C)C. The molecule has 200 valence electrons. The monoisotopic (exact) mass is 514 g/mol. The Morgan fingerprint density at radius 1 is 1.14 bits per heavy atom. The van der Waals surface area contributed by atoms with Crippen molar-refractivity contribution in [1.82, 2.24) is 20.4 Å². The van der Waals surface area contributed by atoms with Crippen LogP contribution in [0, 0.1) is 6.92 Å². The molecule has 1 fully saturated rings. The third-order valence-corrected chi connectivity index (χ3v) is 6.53. The zero-order valence-corrected chi connectivity index (χ0v) is 21.4. The number of phenols is 1. The number of carbonyl (C=O) groups excluding carboxylic acids is 3. The van der Waals surface area contributed by atoms with Crippen LogP contribution in [0.25, 0.3) is 0 Å². The number of alkyl halides is 1. The van der Waals surface area contributed by atoms with Crippen LogP contribution in [-0.4, -0.2) is 95.8 Å². The van der Waals surface area contributed by atoms with Gasteiger partial charge in [0.2, 0.25) is 5.91 Å². The number of hydrogen-bond acceptors (Lipinski definition) is 6. The first-order valence-corrected chi connectivity index (χ1v) is 12.3. The smallest absolute Gasteiger partial charge is 0.254 e. The van der Waals surface area contributed by atoms with Crippen LogP contribution in [0.4, 0.5) is 4.39 Å². The van der Waals surface area contributed by atoms with Crippen molar-refractivity contribution in [2.75, 3.05) is 33.7 Å². The highest BCUT2D eigenvalue weighted by atomic mass is 19.1. The number of benzene rings is 2. The number of rotatable bonds is 10. The fourth-order valence-corrected chi connectivity index (χ4v) is 4.38. The quantitative estimate of drug-likeness (QED) is 0.376. The molecule has 0 bridgehead atoms. The second kappa shape index (κ2) is 12.6. The van der Waals surface area contributed by atoms with Gasteiger partial charge in [0.1, 0.15) is 18.0 Å². The minimum Gasteiger partial charge on any atom is -0.508 e. The zero-order valence-electron chi connectivity index (χ0n) is 21.4. The standard InChI is InChI=1S/C27H35FN4O5/c1-17-19(10-7-11-22(17)33)25(35)30-21(16-18-8-5-4-6-9-18)24(34)27(37)32-14-12-20(28)23(32)26(36)29-13-15-31(2)3/h4-11,20-21,23-24,33-34H,12-16H2,1-3H3,(H,29,36)(H,30,35)/t20-,21+,23?,24+/m1/s1. The number of aliphatic hydroxyl groups excluding tert-OH is 1. The second-order valence-corrected chi connectivity index (χ2v) is 9.54. The number of aliphatic hydroxyl groups is 1. The van der Waals surface area contributed by atoms with Crippen LogP contribution < -0.4 is 10.6 Å². The summed E-state index contributed by atoms with van der Waals surface area (Å²) in [6.45, 7) is 2.39.